The normalized spacial score (nSPS) is 11.4. The lowest BCUT2D eigenvalue weighted by atomic mass is 10.2. The van der Waals surface area contributed by atoms with E-state index in [1.54, 1.807) is 6.07 Å². The predicted octanol–water partition coefficient (Wildman–Crippen LogP) is 5.31. The highest BCUT2D eigenvalue weighted by Crippen LogP contribution is 2.32. The summed E-state index contributed by atoms with van der Waals surface area (Å²) >= 11 is 0.584. The predicted molar refractivity (Wildman–Crippen MR) is 88.3 cm³/mol. The molecule has 0 fully saturated rings. The van der Waals surface area contributed by atoms with Gasteiger partial charge in [-0.2, -0.15) is 13.2 Å². The van der Waals surface area contributed by atoms with Gasteiger partial charge in [0.25, 0.3) is 5.69 Å². The molecular weight excluding hydrogens is 360 g/mol. The van der Waals surface area contributed by atoms with Gasteiger partial charge in [0, 0.05) is 23.6 Å². The second-order valence-electron chi connectivity index (χ2n) is 5.28. The minimum Gasteiger partial charge on any atom is -0.379 e. The average molecular weight is 374 g/mol. The van der Waals surface area contributed by atoms with E-state index in [1.807, 2.05) is 0 Å². The molecule has 9 heteroatoms. The maximum Gasteiger partial charge on any atom is 0.398 e. The Morgan fingerprint density at radius 2 is 1.96 bits per heavy atom. The molecule has 0 saturated carbocycles. The first-order chi connectivity index (χ1) is 11.7. The van der Waals surface area contributed by atoms with E-state index in [-0.39, 0.29) is 17.9 Å². The Hall–Kier alpha value is -2.29. The van der Waals surface area contributed by atoms with Gasteiger partial charge >= 0.3 is 6.18 Å². The zero-order chi connectivity index (χ0) is 18.6. The second-order valence-corrected chi connectivity index (χ2v) is 6.30. The standard InChI is InChI=1S/C16H14F4N2O2S/c1-10-5-13(17)14(7-15(10)25-9-16(18,19)20)21-8-11-3-2-4-12(6-11)22(23)24/h2-7,21H,8-9H2,1H3. The maximum atomic E-state index is 14.0. The van der Waals surface area contributed by atoms with Crippen molar-refractivity contribution in [1.29, 1.82) is 0 Å². The van der Waals surface area contributed by atoms with Crippen LogP contribution in [0.1, 0.15) is 11.1 Å². The van der Waals surface area contributed by atoms with Crippen LogP contribution in [0.15, 0.2) is 41.3 Å². The first-order valence-corrected chi connectivity index (χ1v) is 8.11. The summed E-state index contributed by atoms with van der Waals surface area (Å²) in [6.45, 7) is 1.64. The van der Waals surface area contributed by atoms with E-state index in [0.717, 1.165) is 6.07 Å². The summed E-state index contributed by atoms with van der Waals surface area (Å²) in [5, 5.41) is 13.5. The Morgan fingerprint density at radius 3 is 2.60 bits per heavy atom. The van der Waals surface area contributed by atoms with Crippen LogP contribution in [0.4, 0.5) is 28.9 Å². The van der Waals surface area contributed by atoms with Crippen LogP contribution in [0.25, 0.3) is 0 Å². The molecule has 0 aliphatic rings. The van der Waals surface area contributed by atoms with Crippen molar-refractivity contribution in [2.75, 3.05) is 11.1 Å². The Kier molecular flexibility index (Phi) is 5.89. The third kappa shape index (κ3) is 5.63. The minimum atomic E-state index is -4.32. The molecule has 2 aromatic rings. The maximum absolute atomic E-state index is 14.0. The molecule has 0 spiro atoms. The van der Waals surface area contributed by atoms with Crippen molar-refractivity contribution in [1.82, 2.24) is 0 Å². The van der Waals surface area contributed by atoms with Crippen molar-refractivity contribution in [3.63, 3.8) is 0 Å². The number of nitro groups is 1. The summed E-state index contributed by atoms with van der Waals surface area (Å²) in [5.41, 5.74) is 0.915. The molecule has 0 aliphatic carbocycles. The average Bonchev–Trinajstić information content (AvgIpc) is 2.52. The number of hydrogen-bond acceptors (Lipinski definition) is 4. The largest absolute Gasteiger partial charge is 0.398 e. The van der Waals surface area contributed by atoms with Crippen molar-refractivity contribution in [3.05, 3.63) is 63.5 Å². The van der Waals surface area contributed by atoms with Gasteiger partial charge in [0.15, 0.2) is 0 Å². The third-order valence-electron chi connectivity index (χ3n) is 3.26. The second kappa shape index (κ2) is 7.73. The molecule has 2 rings (SSSR count). The summed E-state index contributed by atoms with van der Waals surface area (Å²) in [6, 6.07) is 8.30. The monoisotopic (exact) mass is 374 g/mol. The molecule has 0 amide bonds. The smallest absolute Gasteiger partial charge is 0.379 e. The van der Waals surface area contributed by atoms with E-state index < -0.39 is 22.7 Å². The van der Waals surface area contributed by atoms with Crippen LogP contribution >= 0.6 is 11.8 Å². The lowest BCUT2D eigenvalue weighted by molar-refractivity contribution is -0.384. The topological polar surface area (TPSA) is 55.2 Å². The summed E-state index contributed by atoms with van der Waals surface area (Å²) < 4.78 is 51.1. The molecule has 25 heavy (non-hydrogen) atoms. The number of thioether (sulfide) groups is 1. The van der Waals surface area contributed by atoms with Gasteiger partial charge in [0.1, 0.15) is 5.82 Å². The molecule has 0 radical (unpaired) electrons. The Labute approximate surface area is 145 Å². The lowest BCUT2D eigenvalue weighted by Gasteiger charge is -2.13. The fourth-order valence-corrected chi connectivity index (χ4v) is 2.89. The zero-order valence-corrected chi connectivity index (χ0v) is 13.9. The highest BCUT2D eigenvalue weighted by Gasteiger charge is 2.27. The van der Waals surface area contributed by atoms with Gasteiger partial charge in [-0.15, -0.1) is 11.8 Å². The quantitative estimate of drug-likeness (QED) is 0.322. The fourth-order valence-electron chi connectivity index (χ4n) is 2.08. The van der Waals surface area contributed by atoms with Crippen LogP contribution in [0.2, 0.25) is 0 Å². The Morgan fingerprint density at radius 1 is 1.24 bits per heavy atom. The molecule has 0 unspecified atom stereocenters. The van der Waals surface area contributed by atoms with Crippen molar-refractivity contribution in [2.45, 2.75) is 24.5 Å². The van der Waals surface area contributed by atoms with Gasteiger partial charge in [-0.25, -0.2) is 4.39 Å². The first kappa shape index (κ1) is 19.0. The van der Waals surface area contributed by atoms with Crippen LogP contribution in [0.3, 0.4) is 0 Å². The molecule has 134 valence electrons. The molecule has 2 aromatic carbocycles. The van der Waals surface area contributed by atoms with Crippen molar-refractivity contribution < 1.29 is 22.5 Å². The SMILES string of the molecule is Cc1cc(F)c(NCc2cccc([N+](=O)[O-])c2)cc1SCC(F)(F)F. The van der Waals surface area contributed by atoms with E-state index in [4.69, 9.17) is 0 Å². The van der Waals surface area contributed by atoms with E-state index >= 15 is 0 Å². The van der Waals surface area contributed by atoms with E-state index in [0.29, 0.717) is 27.8 Å². The van der Waals surface area contributed by atoms with Gasteiger partial charge < -0.3 is 5.32 Å². The third-order valence-corrected chi connectivity index (χ3v) is 4.48. The highest BCUT2D eigenvalue weighted by atomic mass is 32.2. The molecule has 0 heterocycles. The number of nitrogens with zero attached hydrogens (tertiary/aromatic N) is 1. The molecule has 0 aliphatic heterocycles. The first-order valence-electron chi connectivity index (χ1n) is 7.12. The number of rotatable bonds is 6. The number of nitro benzene ring substituents is 1. The van der Waals surface area contributed by atoms with Gasteiger partial charge in [0.2, 0.25) is 0 Å². The summed E-state index contributed by atoms with van der Waals surface area (Å²) in [5.74, 6) is -1.66. The number of halogens is 4. The number of non-ortho nitro benzene ring substituents is 1. The van der Waals surface area contributed by atoms with Gasteiger partial charge in [-0.1, -0.05) is 12.1 Å². The number of aryl methyl sites for hydroxylation is 1. The number of alkyl halides is 3. The van der Waals surface area contributed by atoms with Gasteiger partial charge in [0.05, 0.1) is 16.4 Å². The van der Waals surface area contributed by atoms with Crippen molar-refractivity contribution in [2.24, 2.45) is 0 Å². The summed E-state index contributed by atoms with van der Waals surface area (Å²) in [7, 11) is 0. The van der Waals surface area contributed by atoms with Crippen molar-refractivity contribution >= 4 is 23.1 Å². The number of benzene rings is 2. The fraction of sp³-hybridized carbons (Fsp3) is 0.250. The van der Waals surface area contributed by atoms with Gasteiger partial charge in [-0.3, -0.25) is 10.1 Å². The number of hydrogen-bond donors (Lipinski definition) is 1. The highest BCUT2D eigenvalue weighted by molar-refractivity contribution is 7.99. The molecule has 0 atom stereocenters. The molecule has 0 bridgehead atoms. The van der Waals surface area contributed by atoms with Gasteiger partial charge in [-0.05, 0) is 30.2 Å². The molecule has 4 nitrogen and oxygen atoms in total. The molecule has 0 saturated heterocycles. The lowest BCUT2D eigenvalue weighted by Crippen LogP contribution is -2.11. The van der Waals surface area contributed by atoms with Crippen LogP contribution in [0, 0.1) is 22.9 Å². The molecular formula is C16H14F4N2O2S. The number of nitrogens with one attached hydrogen (secondary N) is 1. The van der Waals surface area contributed by atoms with Crippen molar-refractivity contribution in [3.8, 4) is 0 Å². The van der Waals surface area contributed by atoms with E-state index in [2.05, 4.69) is 5.32 Å². The van der Waals surface area contributed by atoms with Crippen LogP contribution in [-0.2, 0) is 6.54 Å². The molecule has 0 aromatic heterocycles. The Bertz CT molecular complexity index is 781. The minimum absolute atomic E-state index is 0.0433. The Balaban J connectivity index is 2.13. The van der Waals surface area contributed by atoms with E-state index in [9.17, 15) is 27.7 Å². The summed E-state index contributed by atoms with van der Waals surface area (Å²) in [6.07, 6.45) is -4.32. The van der Waals surface area contributed by atoms with Crippen LogP contribution < -0.4 is 5.32 Å². The van der Waals surface area contributed by atoms with Crippen LogP contribution in [0.5, 0.6) is 0 Å². The zero-order valence-electron chi connectivity index (χ0n) is 13.1. The van der Waals surface area contributed by atoms with E-state index in [1.165, 1.54) is 31.2 Å². The summed E-state index contributed by atoms with van der Waals surface area (Å²) in [4.78, 5) is 10.5. The molecule has 1 N–H and O–H groups in total. The number of anilines is 1. The van der Waals surface area contributed by atoms with Crippen LogP contribution in [-0.4, -0.2) is 16.9 Å².